The standard InChI is InChI=1S/C18H15N3O2/c1-12(15-7-4-8-19-11-15)20-21-18(23)16-9-13-5-2-3-6-14(13)10-17(16)22/h2-11,20,22H,1H2,(H,21,23). The van der Waals surface area contributed by atoms with E-state index in [4.69, 9.17) is 0 Å². The fourth-order valence-electron chi connectivity index (χ4n) is 2.22. The number of hydrogen-bond acceptors (Lipinski definition) is 4. The number of hydrogen-bond donors (Lipinski definition) is 3. The van der Waals surface area contributed by atoms with Crippen LogP contribution in [0.5, 0.6) is 5.75 Å². The molecule has 1 amide bonds. The van der Waals surface area contributed by atoms with Gasteiger partial charge in [-0.25, -0.2) is 0 Å². The summed E-state index contributed by atoms with van der Waals surface area (Å²) in [5.41, 5.74) is 6.71. The number of nitrogens with zero attached hydrogens (tertiary/aromatic N) is 1. The third kappa shape index (κ3) is 3.13. The molecule has 2 aromatic carbocycles. The van der Waals surface area contributed by atoms with Crippen LogP contribution < -0.4 is 10.9 Å². The van der Waals surface area contributed by atoms with Gasteiger partial charge in [-0.3, -0.25) is 20.6 Å². The highest BCUT2D eigenvalue weighted by molar-refractivity contribution is 6.01. The average Bonchev–Trinajstić information content (AvgIpc) is 2.59. The van der Waals surface area contributed by atoms with E-state index in [1.807, 2.05) is 30.3 Å². The Kier molecular flexibility index (Phi) is 3.93. The SMILES string of the molecule is C=C(NNC(=O)c1cc2ccccc2cc1O)c1cccnc1. The molecule has 0 aliphatic carbocycles. The van der Waals surface area contributed by atoms with Crippen molar-refractivity contribution >= 4 is 22.4 Å². The first kappa shape index (κ1) is 14.6. The molecule has 0 radical (unpaired) electrons. The van der Waals surface area contributed by atoms with E-state index in [1.54, 1.807) is 30.6 Å². The number of phenols is 1. The lowest BCUT2D eigenvalue weighted by molar-refractivity contribution is 0.0940. The number of benzene rings is 2. The summed E-state index contributed by atoms with van der Waals surface area (Å²) in [7, 11) is 0. The van der Waals surface area contributed by atoms with E-state index in [9.17, 15) is 9.90 Å². The molecule has 0 unspecified atom stereocenters. The molecular weight excluding hydrogens is 290 g/mol. The molecule has 0 aliphatic heterocycles. The number of carbonyl (C=O) groups is 1. The Morgan fingerprint density at radius 3 is 2.48 bits per heavy atom. The molecule has 1 aromatic heterocycles. The molecule has 0 fully saturated rings. The van der Waals surface area contributed by atoms with Crippen LogP contribution in [-0.4, -0.2) is 16.0 Å². The zero-order valence-corrected chi connectivity index (χ0v) is 12.3. The fourth-order valence-corrected chi connectivity index (χ4v) is 2.22. The zero-order chi connectivity index (χ0) is 16.2. The Balaban J connectivity index is 1.76. The number of hydrazine groups is 1. The van der Waals surface area contributed by atoms with Crippen LogP contribution in [-0.2, 0) is 0 Å². The average molecular weight is 305 g/mol. The maximum Gasteiger partial charge on any atom is 0.273 e. The van der Waals surface area contributed by atoms with Crippen LogP contribution >= 0.6 is 0 Å². The van der Waals surface area contributed by atoms with Gasteiger partial charge in [0.15, 0.2) is 0 Å². The van der Waals surface area contributed by atoms with Gasteiger partial charge in [0.2, 0.25) is 0 Å². The van der Waals surface area contributed by atoms with E-state index in [2.05, 4.69) is 22.4 Å². The van der Waals surface area contributed by atoms with Gasteiger partial charge in [-0.2, -0.15) is 0 Å². The topological polar surface area (TPSA) is 74.2 Å². The smallest absolute Gasteiger partial charge is 0.273 e. The van der Waals surface area contributed by atoms with E-state index in [0.29, 0.717) is 5.70 Å². The maximum absolute atomic E-state index is 12.3. The van der Waals surface area contributed by atoms with Gasteiger partial charge in [-0.05, 0) is 35.0 Å². The Morgan fingerprint density at radius 1 is 1.04 bits per heavy atom. The van der Waals surface area contributed by atoms with E-state index in [1.165, 1.54) is 0 Å². The summed E-state index contributed by atoms with van der Waals surface area (Å²) in [4.78, 5) is 16.2. The molecule has 0 atom stereocenters. The van der Waals surface area contributed by atoms with Crippen LogP contribution in [0.4, 0.5) is 0 Å². The van der Waals surface area contributed by atoms with Crippen LogP contribution in [0.15, 0.2) is 67.5 Å². The Labute approximate surface area is 133 Å². The second kappa shape index (κ2) is 6.19. The van der Waals surface area contributed by atoms with E-state index in [0.717, 1.165) is 16.3 Å². The highest BCUT2D eigenvalue weighted by Crippen LogP contribution is 2.24. The minimum Gasteiger partial charge on any atom is -0.507 e. The first-order valence-electron chi connectivity index (χ1n) is 7.02. The lowest BCUT2D eigenvalue weighted by Gasteiger charge is -2.12. The van der Waals surface area contributed by atoms with Crippen molar-refractivity contribution in [2.24, 2.45) is 0 Å². The predicted octanol–water partition coefficient (Wildman–Crippen LogP) is 2.85. The number of phenolic OH excluding ortho intramolecular Hbond substituents is 1. The monoisotopic (exact) mass is 305 g/mol. The zero-order valence-electron chi connectivity index (χ0n) is 12.3. The number of amides is 1. The normalized spacial score (nSPS) is 10.3. The number of aromatic hydroxyl groups is 1. The van der Waals surface area contributed by atoms with Gasteiger partial charge in [0.1, 0.15) is 5.75 Å². The molecule has 23 heavy (non-hydrogen) atoms. The number of rotatable bonds is 4. The van der Waals surface area contributed by atoms with Crippen molar-refractivity contribution in [3.63, 3.8) is 0 Å². The highest BCUT2D eigenvalue weighted by atomic mass is 16.3. The first-order valence-corrected chi connectivity index (χ1v) is 7.02. The van der Waals surface area contributed by atoms with Crippen molar-refractivity contribution in [3.05, 3.63) is 78.6 Å². The molecule has 3 N–H and O–H groups in total. The number of nitrogens with one attached hydrogen (secondary N) is 2. The number of aromatic nitrogens is 1. The van der Waals surface area contributed by atoms with Crippen molar-refractivity contribution in [2.75, 3.05) is 0 Å². The second-order valence-electron chi connectivity index (χ2n) is 5.02. The minimum atomic E-state index is -0.446. The maximum atomic E-state index is 12.3. The lowest BCUT2D eigenvalue weighted by atomic mass is 10.1. The van der Waals surface area contributed by atoms with Crippen molar-refractivity contribution in [3.8, 4) is 5.75 Å². The number of pyridine rings is 1. The minimum absolute atomic E-state index is 0.0741. The predicted molar refractivity (Wildman–Crippen MR) is 89.5 cm³/mol. The molecule has 1 heterocycles. The summed E-state index contributed by atoms with van der Waals surface area (Å²) in [6, 6.07) is 14.3. The van der Waals surface area contributed by atoms with Crippen LogP contribution in [0.1, 0.15) is 15.9 Å². The lowest BCUT2D eigenvalue weighted by Crippen LogP contribution is -2.35. The summed E-state index contributed by atoms with van der Waals surface area (Å²) >= 11 is 0. The van der Waals surface area contributed by atoms with Gasteiger partial charge in [-0.1, -0.05) is 30.8 Å². The third-order valence-electron chi connectivity index (χ3n) is 3.45. The largest absolute Gasteiger partial charge is 0.507 e. The molecule has 3 aromatic rings. The summed E-state index contributed by atoms with van der Waals surface area (Å²) in [6.45, 7) is 3.83. The van der Waals surface area contributed by atoms with Gasteiger partial charge in [0, 0.05) is 18.0 Å². The molecule has 0 aliphatic rings. The third-order valence-corrected chi connectivity index (χ3v) is 3.45. The van der Waals surface area contributed by atoms with Crippen LogP contribution in [0, 0.1) is 0 Å². The van der Waals surface area contributed by atoms with Gasteiger partial charge < -0.3 is 5.11 Å². The fraction of sp³-hybridized carbons (Fsp3) is 0. The van der Waals surface area contributed by atoms with Crippen LogP contribution in [0.3, 0.4) is 0 Å². The van der Waals surface area contributed by atoms with Gasteiger partial charge >= 0.3 is 0 Å². The number of fused-ring (bicyclic) bond motifs is 1. The van der Waals surface area contributed by atoms with Crippen molar-refractivity contribution in [1.82, 2.24) is 15.8 Å². The van der Waals surface area contributed by atoms with Crippen LogP contribution in [0.25, 0.3) is 16.5 Å². The Morgan fingerprint density at radius 2 is 1.78 bits per heavy atom. The molecule has 3 rings (SSSR count). The first-order chi connectivity index (χ1) is 11.1. The molecule has 0 saturated heterocycles. The van der Waals surface area contributed by atoms with Crippen molar-refractivity contribution in [2.45, 2.75) is 0 Å². The Bertz CT molecular complexity index is 876. The second-order valence-corrected chi connectivity index (χ2v) is 5.02. The van der Waals surface area contributed by atoms with Crippen molar-refractivity contribution in [1.29, 1.82) is 0 Å². The molecule has 5 nitrogen and oxygen atoms in total. The molecule has 0 bridgehead atoms. The summed E-state index contributed by atoms with van der Waals surface area (Å²) in [5, 5.41) is 11.8. The van der Waals surface area contributed by atoms with Gasteiger partial charge in [0.05, 0.1) is 11.3 Å². The summed E-state index contributed by atoms with van der Waals surface area (Å²) in [6.07, 6.45) is 3.29. The summed E-state index contributed by atoms with van der Waals surface area (Å²) < 4.78 is 0. The molecule has 0 saturated carbocycles. The highest BCUT2D eigenvalue weighted by Gasteiger charge is 2.12. The Hall–Kier alpha value is -3.34. The molecule has 114 valence electrons. The van der Waals surface area contributed by atoms with E-state index in [-0.39, 0.29) is 11.3 Å². The van der Waals surface area contributed by atoms with Crippen LogP contribution in [0.2, 0.25) is 0 Å². The molecule has 0 spiro atoms. The number of carbonyl (C=O) groups excluding carboxylic acids is 1. The molecule has 5 heteroatoms. The van der Waals surface area contributed by atoms with E-state index >= 15 is 0 Å². The van der Waals surface area contributed by atoms with Crippen molar-refractivity contribution < 1.29 is 9.90 Å². The quantitative estimate of drug-likeness (QED) is 0.648. The summed E-state index contributed by atoms with van der Waals surface area (Å²) in [5.74, 6) is -0.520. The van der Waals surface area contributed by atoms with Gasteiger partial charge in [-0.15, -0.1) is 0 Å². The van der Waals surface area contributed by atoms with E-state index < -0.39 is 5.91 Å². The molecular formula is C18H15N3O2. The van der Waals surface area contributed by atoms with Gasteiger partial charge in [0.25, 0.3) is 5.91 Å².